The van der Waals surface area contributed by atoms with Crippen molar-refractivity contribution in [3.63, 3.8) is 0 Å². The summed E-state index contributed by atoms with van der Waals surface area (Å²) in [6.45, 7) is 0. The standard InChI is InChI=1S/C15H10N4O3S/c1-21-10-4-2-3-8-5-11(14(20)22-12(8)10)23-15-18-9-6-16-7-17-13(9)19-15/h2-7H,1H3,(H,16,17,18,19). The van der Waals surface area contributed by atoms with Crippen molar-refractivity contribution < 1.29 is 9.15 Å². The van der Waals surface area contributed by atoms with Crippen LogP contribution in [0.3, 0.4) is 0 Å². The minimum atomic E-state index is -0.446. The summed E-state index contributed by atoms with van der Waals surface area (Å²) in [5, 5.41) is 1.33. The SMILES string of the molecule is COc1cccc2cc(Sc3nc4ncncc4[nH]3)c(=O)oc12. The number of nitrogens with one attached hydrogen (secondary N) is 1. The molecule has 0 radical (unpaired) electrons. The van der Waals surface area contributed by atoms with Gasteiger partial charge in [0.25, 0.3) is 0 Å². The Kier molecular flexibility index (Phi) is 3.23. The number of H-pyrrole nitrogens is 1. The Bertz CT molecular complexity index is 1040. The summed E-state index contributed by atoms with van der Waals surface area (Å²) in [7, 11) is 1.53. The second-order valence-electron chi connectivity index (χ2n) is 4.68. The van der Waals surface area contributed by atoms with E-state index in [2.05, 4.69) is 19.9 Å². The zero-order valence-corrected chi connectivity index (χ0v) is 12.8. The maximum absolute atomic E-state index is 12.2. The average Bonchev–Trinajstić information content (AvgIpc) is 2.97. The maximum atomic E-state index is 12.2. The number of aromatic amines is 1. The Balaban J connectivity index is 1.79. The van der Waals surface area contributed by atoms with Crippen molar-refractivity contribution in [3.8, 4) is 5.75 Å². The first-order valence-electron chi connectivity index (χ1n) is 6.69. The Morgan fingerprint density at radius 2 is 2.26 bits per heavy atom. The maximum Gasteiger partial charge on any atom is 0.350 e. The minimum absolute atomic E-state index is 0.428. The zero-order chi connectivity index (χ0) is 15.8. The summed E-state index contributed by atoms with van der Waals surface area (Å²) in [4.78, 5) is 28.0. The number of benzene rings is 1. The van der Waals surface area contributed by atoms with Crippen LogP contribution in [-0.4, -0.2) is 27.0 Å². The molecule has 114 valence electrons. The number of fused-ring (bicyclic) bond motifs is 2. The van der Waals surface area contributed by atoms with Gasteiger partial charge in [-0.3, -0.25) is 0 Å². The zero-order valence-electron chi connectivity index (χ0n) is 11.9. The third-order valence-electron chi connectivity index (χ3n) is 3.26. The molecule has 3 heterocycles. The van der Waals surface area contributed by atoms with E-state index < -0.39 is 5.63 Å². The van der Waals surface area contributed by atoms with Gasteiger partial charge >= 0.3 is 5.63 Å². The van der Waals surface area contributed by atoms with E-state index in [-0.39, 0.29) is 0 Å². The van der Waals surface area contributed by atoms with Crippen molar-refractivity contribution in [3.05, 3.63) is 47.2 Å². The minimum Gasteiger partial charge on any atom is -0.493 e. The van der Waals surface area contributed by atoms with Crippen molar-refractivity contribution >= 4 is 33.9 Å². The van der Waals surface area contributed by atoms with Gasteiger partial charge in [0, 0.05) is 5.39 Å². The number of aromatic nitrogens is 4. The number of imidazole rings is 1. The van der Waals surface area contributed by atoms with Gasteiger partial charge in [-0.15, -0.1) is 0 Å². The molecule has 0 bridgehead atoms. The van der Waals surface area contributed by atoms with Crippen LogP contribution in [0.1, 0.15) is 0 Å². The summed E-state index contributed by atoms with van der Waals surface area (Å²) in [6.07, 6.45) is 3.06. The Morgan fingerprint density at radius 1 is 1.35 bits per heavy atom. The van der Waals surface area contributed by atoms with Gasteiger partial charge in [-0.1, -0.05) is 12.1 Å². The predicted octanol–water partition coefficient (Wildman–Crippen LogP) is 2.62. The number of para-hydroxylation sites is 1. The topological polar surface area (TPSA) is 93.9 Å². The number of hydrogen-bond acceptors (Lipinski definition) is 7. The lowest BCUT2D eigenvalue weighted by Crippen LogP contribution is -2.02. The molecule has 7 nitrogen and oxygen atoms in total. The van der Waals surface area contributed by atoms with Crippen molar-refractivity contribution in [2.75, 3.05) is 7.11 Å². The van der Waals surface area contributed by atoms with Crippen LogP contribution in [-0.2, 0) is 0 Å². The molecule has 0 saturated carbocycles. The first-order valence-corrected chi connectivity index (χ1v) is 7.50. The molecule has 23 heavy (non-hydrogen) atoms. The highest BCUT2D eigenvalue weighted by molar-refractivity contribution is 7.99. The predicted molar refractivity (Wildman–Crippen MR) is 84.8 cm³/mol. The molecule has 4 aromatic rings. The summed E-state index contributed by atoms with van der Waals surface area (Å²) >= 11 is 1.19. The van der Waals surface area contributed by atoms with E-state index in [9.17, 15) is 4.79 Å². The molecular weight excluding hydrogens is 316 g/mol. The molecule has 0 aliphatic rings. The summed E-state index contributed by atoms with van der Waals surface area (Å²) < 4.78 is 10.6. The fourth-order valence-electron chi connectivity index (χ4n) is 2.22. The molecule has 8 heteroatoms. The lowest BCUT2D eigenvalue weighted by Gasteiger charge is -2.04. The summed E-state index contributed by atoms with van der Waals surface area (Å²) in [5.74, 6) is 0.523. The van der Waals surface area contributed by atoms with E-state index in [1.54, 1.807) is 18.3 Å². The second kappa shape index (κ2) is 5.40. The highest BCUT2D eigenvalue weighted by Gasteiger charge is 2.12. The molecule has 1 N–H and O–H groups in total. The summed E-state index contributed by atoms with van der Waals surface area (Å²) in [6, 6.07) is 7.20. The number of rotatable bonds is 3. The van der Waals surface area contributed by atoms with Gasteiger partial charge < -0.3 is 14.1 Å². The van der Waals surface area contributed by atoms with E-state index in [0.29, 0.717) is 32.5 Å². The second-order valence-corrected chi connectivity index (χ2v) is 5.71. The Morgan fingerprint density at radius 3 is 3.09 bits per heavy atom. The van der Waals surface area contributed by atoms with Crippen molar-refractivity contribution in [2.45, 2.75) is 10.1 Å². The van der Waals surface area contributed by atoms with Crippen LogP contribution < -0.4 is 10.4 Å². The van der Waals surface area contributed by atoms with Crippen molar-refractivity contribution in [1.29, 1.82) is 0 Å². The molecule has 0 aliphatic heterocycles. The van der Waals surface area contributed by atoms with Crippen LogP contribution in [0.15, 0.2) is 56.1 Å². The molecule has 4 rings (SSSR count). The molecule has 3 aromatic heterocycles. The lowest BCUT2D eigenvalue weighted by molar-refractivity contribution is 0.405. The molecule has 0 aliphatic carbocycles. The van der Waals surface area contributed by atoms with Gasteiger partial charge in [0.2, 0.25) is 0 Å². The van der Waals surface area contributed by atoms with Gasteiger partial charge in [-0.25, -0.2) is 19.7 Å². The highest BCUT2D eigenvalue weighted by Crippen LogP contribution is 2.29. The number of ether oxygens (including phenoxy) is 1. The van der Waals surface area contributed by atoms with E-state index in [1.807, 2.05) is 12.1 Å². The third kappa shape index (κ3) is 2.42. The van der Waals surface area contributed by atoms with Crippen LogP contribution in [0.4, 0.5) is 0 Å². The van der Waals surface area contributed by atoms with Gasteiger partial charge in [0.05, 0.1) is 13.3 Å². The smallest absolute Gasteiger partial charge is 0.350 e. The van der Waals surface area contributed by atoms with Gasteiger partial charge in [-0.05, 0) is 23.9 Å². The van der Waals surface area contributed by atoms with Crippen molar-refractivity contribution in [1.82, 2.24) is 19.9 Å². The van der Waals surface area contributed by atoms with Crippen LogP contribution in [0.2, 0.25) is 0 Å². The number of nitrogens with zero attached hydrogens (tertiary/aromatic N) is 3. The van der Waals surface area contributed by atoms with E-state index >= 15 is 0 Å². The monoisotopic (exact) mass is 326 g/mol. The highest BCUT2D eigenvalue weighted by atomic mass is 32.2. The number of methoxy groups -OCH3 is 1. The lowest BCUT2D eigenvalue weighted by atomic mass is 10.2. The molecule has 0 atom stereocenters. The Labute approximate surface area is 133 Å². The van der Waals surface area contributed by atoms with Crippen LogP contribution in [0.25, 0.3) is 22.1 Å². The van der Waals surface area contributed by atoms with E-state index in [0.717, 1.165) is 5.39 Å². The van der Waals surface area contributed by atoms with E-state index in [1.165, 1.54) is 25.2 Å². The third-order valence-corrected chi connectivity index (χ3v) is 4.15. The van der Waals surface area contributed by atoms with Gasteiger partial charge in [0.1, 0.15) is 16.7 Å². The normalized spacial score (nSPS) is 11.2. The number of hydrogen-bond donors (Lipinski definition) is 1. The average molecular weight is 326 g/mol. The van der Waals surface area contributed by atoms with Crippen LogP contribution in [0, 0.1) is 0 Å². The molecule has 0 fully saturated rings. The largest absolute Gasteiger partial charge is 0.493 e. The van der Waals surface area contributed by atoms with Crippen molar-refractivity contribution in [2.24, 2.45) is 0 Å². The quantitative estimate of drug-likeness (QED) is 0.578. The molecule has 0 amide bonds. The summed E-state index contributed by atoms with van der Waals surface area (Å²) in [5.41, 5.74) is 1.24. The molecule has 0 saturated heterocycles. The Hall–Kier alpha value is -2.87. The van der Waals surface area contributed by atoms with Gasteiger partial charge in [0.15, 0.2) is 22.1 Å². The first-order chi connectivity index (χ1) is 11.2. The van der Waals surface area contributed by atoms with Crippen LogP contribution in [0.5, 0.6) is 5.75 Å². The van der Waals surface area contributed by atoms with Gasteiger partial charge in [-0.2, -0.15) is 0 Å². The fourth-order valence-corrected chi connectivity index (χ4v) is 3.04. The fraction of sp³-hybridized carbons (Fsp3) is 0.0667. The molecule has 1 aromatic carbocycles. The first kappa shape index (κ1) is 13.8. The van der Waals surface area contributed by atoms with E-state index in [4.69, 9.17) is 9.15 Å². The molecule has 0 spiro atoms. The van der Waals surface area contributed by atoms with Crippen LogP contribution >= 0.6 is 11.8 Å². The molecule has 0 unspecified atom stereocenters. The molecular formula is C15H10N4O3S.